The normalized spacial score (nSPS) is 10.9. The molecule has 0 fully saturated rings. The molecule has 28 heavy (non-hydrogen) atoms. The number of nitro benzene ring substituents is 1. The quantitative estimate of drug-likeness (QED) is 0.255. The van der Waals surface area contributed by atoms with Crippen LogP contribution in [0.15, 0.2) is 65.7 Å². The van der Waals surface area contributed by atoms with Gasteiger partial charge in [-0.15, -0.1) is 0 Å². The van der Waals surface area contributed by atoms with Crippen molar-refractivity contribution in [1.82, 2.24) is 0 Å². The zero-order chi connectivity index (χ0) is 20.3. The average Bonchev–Trinajstić information content (AvgIpc) is 2.67. The first-order valence-corrected chi connectivity index (χ1v) is 8.72. The second-order valence-electron chi connectivity index (χ2n) is 5.73. The van der Waals surface area contributed by atoms with Crippen molar-refractivity contribution in [3.8, 4) is 5.75 Å². The maximum Gasteiger partial charge on any atom is 0.270 e. The smallest absolute Gasteiger partial charge is 0.270 e. The van der Waals surface area contributed by atoms with Gasteiger partial charge in [-0.2, -0.15) is 0 Å². The van der Waals surface area contributed by atoms with Crippen LogP contribution in [0.1, 0.15) is 21.5 Å². The topological polar surface area (TPSA) is 92.8 Å². The number of nitrogens with zero attached hydrogens (tertiary/aromatic N) is 2. The first-order valence-electron chi connectivity index (χ1n) is 7.97. The van der Waals surface area contributed by atoms with Gasteiger partial charge in [-0.1, -0.05) is 35.3 Å². The van der Waals surface area contributed by atoms with Gasteiger partial charge in [0.25, 0.3) is 5.69 Å². The third-order valence-corrected chi connectivity index (χ3v) is 4.45. The SMILES string of the molecule is O=C(c1ccccc1Cl)c1cc(Cl)ccc1N=Cc1cc([N+](=O)[O-])ccc1O. The van der Waals surface area contributed by atoms with Crippen molar-refractivity contribution in [2.45, 2.75) is 0 Å². The molecule has 140 valence electrons. The molecule has 0 heterocycles. The lowest BCUT2D eigenvalue weighted by Crippen LogP contribution is -2.02. The number of aliphatic imine (C=N–C) groups is 1. The molecule has 1 N–H and O–H groups in total. The molecule has 0 radical (unpaired) electrons. The summed E-state index contributed by atoms with van der Waals surface area (Å²) in [5.41, 5.74) is 0.728. The summed E-state index contributed by atoms with van der Waals surface area (Å²) in [6.45, 7) is 0. The molecule has 0 spiro atoms. The zero-order valence-corrected chi connectivity index (χ0v) is 15.7. The van der Waals surface area contributed by atoms with Gasteiger partial charge in [0.2, 0.25) is 0 Å². The molecule has 0 atom stereocenters. The van der Waals surface area contributed by atoms with Crippen LogP contribution in [-0.4, -0.2) is 22.0 Å². The van der Waals surface area contributed by atoms with E-state index in [0.717, 1.165) is 0 Å². The third-order valence-electron chi connectivity index (χ3n) is 3.89. The van der Waals surface area contributed by atoms with E-state index >= 15 is 0 Å². The van der Waals surface area contributed by atoms with Gasteiger partial charge in [0.15, 0.2) is 5.78 Å². The van der Waals surface area contributed by atoms with E-state index in [2.05, 4.69) is 4.99 Å². The van der Waals surface area contributed by atoms with Gasteiger partial charge in [0.1, 0.15) is 5.75 Å². The Balaban J connectivity index is 2.04. The summed E-state index contributed by atoms with van der Waals surface area (Å²) in [5, 5.41) is 21.5. The Morgan fingerprint density at radius 1 is 1.04 bits per heavy atom. The highest BCUT2D eigenvalue weighted by molar-refractivity contribution is 6.35. The number of benzene rings is 3. The van der Waals surface area contributed by atoms with E-state index in [-0.39, 0.29) is 34.0 Å². The molecule has 3 aromatic rings. The highest BCUT2D eigenvalue weighted by Crippen LogP contribution is 2.29. The van der Waals surface area contributed by atoms with Gasteiger partial charge in [-0.25, -0.2) is 0 Å². The molecule has 0 aromatic heterocycles. The molecule has 0 aliphatic heterocycles. The van der Waals surface area contributed by atoms with Crippen LogP contribution in [0.25, 0.3) is 0 Å². The van der Waals surface area contributed by atoms with Crippen molar-refractivity contribution < 1.29 is 14.8 Å². The minimum Gasteiger partial charge on any atom is -0.507 e. The summed E-state index contributed by atoms with van der Waals surface area (Å²) in [6, 6.07) is 14.7. The first kappa shape index (κ1) is 19.5. The number of ketones is 1. The monoisotopic (exact) mass is 414 g/mol. The van der Waals surface area contributed by atoms with E-state index in [9.17, 15) is 20.0 Å². The van der Waals surface area contributed by atoms with Crippen molar-refractivity contribution >= 4 is 46.6 Å². The molecule has 3 rings (SSSR count). The summed E-state index contributed by atoms with van der Waals surface area (Å²) >= 11 is 12.1. The molecule has 0 aliphatic rings. The van der Waals surface area contributed by atoms with Crippen LogP contribution in [0, 0.1) is 10.1 Å². The van der Waals surface area contributed by atoms with Crippen LogP contribution >= 0.6 is 23.2 Å². The third kappa shape index (κ3) is 4.19. The van der Waals surface area contributed by atoms with Crippen LogP contribution in [0.2, 0.25) is 10.0 Å². The lowest BCUT2D eigenvalue weighted by atomic mass is 10.0. The van der Waals surface area contributed by atoms with Crippen molar-refractivity contribution in [3.63, 3.8) is 0 Å². The summed E-state index contributed by atoms with van der Waals surface area (Å²) < 4.78 is 0. The van der Waals surface area contributed by atoms with E-state index in [1.807, 2.05) is 0 Å². The molecule has 0 aliphatic carbocycles. The standard InChI is InChI=1S/C20H12Cl2N2O4/c21-13-5-7-18(16(10-13)20(26)15-3-1-2-4-17(15)22)23-11-12-9-14(24(27)28)6-8-19(12)25/h1-11,25H. The number of phenolic OH excluding ortho intramolecular Hbond substituents is 1. The van der Waals surface area contributed by atoms with Crippen molar-refractivity contribution in [1.29, 1.82) is 0 Å². The summed E-state index contributed by atoms with van der Waals surface area (Å²) in [6.07, 6.45) is 1.24. The molecular weight excluding hydrogens is 403 g/mol. The highest BCUT2D eigenvalue weighted by Gasteiger charge is 2.17. The van der Waals surface area contributed by atoms with Crippen molar-refractivity contribution in [2.75, 3.05) is 0 Å². The van der Waals surface area contributed by atoms with E-state index in [1.165, 1.54) is 36.5 Å². The number of aromatic hydroxyl groups is 1. The van der Waals surface area contributed by atoms with E-state index < -0.39 is 4.92 Å². The number of rotatable bonds is 5. The number of carbonyl (C=O) groups is 1. The van der Waals surface area contributed by atoms with Crippen LogP contribution in [-0.2, 0) is 0 Å². The van der Waals surface area contributed by atoms with Gasteiger partial charge < -0.3 is 5.11 Å². The second-order valence-corrected chi connectivity index (χ2v) is 6.57. The molecule has 3 aromatic carbocycles. The number of nitro groups is 1. The lowest BCUT2D eigenvalue weighted by molar-refractivity contribution is -0.384. The minimum absolute atomic E-state index is 0.139. The van der Waals surface area contributed by atoms with Crippen molar-refractivity contribution in [2.24, 2.45) is 4.99 Å². The Hall–Kier alpha value is -3.22. The Morgan fingerprint density at radius 2 is 1.79 bits per heavy atom. The summed E-state index contributed by atoms with van der Waals surface area (Å²) in [4.78, 5) is 27.5. The van der Waals surface area contributed by atoms with Crippen LogP contribution in [0.3, 0.4) is 0 Å². The number of hydrogen-bond donors (Lipinski definition) is 1. The van der Waals surface area contributed by atoms with E-state index in [1.54, 1.807) is 30.3 Å². The van der Waals surface area contributed by atoms with Crippen LogP contribution in [0.4, 0.5) is 11.4 Å². The zero-order valence-electron chi connectivity index (χ0n) is 14.2. The molecule has 0 bridgehead atoms. The number of phenols is 1. The largest absolute Gasteiger partial charge is 0.507 e. The van der Waals surface area contributed by atoms with Gasteiger partial charge in [-0.3, -0.25) is 19.9 Å². The van der Waals surface area contributed by atoms with E-state index in [4.69, 9.17) is 23.2 Å². The number of non-ortho nitro benzene ring substituents is 1. The first-order chi connectivity index (χ1) is 13.4. The maximum absolute atomic E-state index is 12.9. The molecule has 0 amide bonds. The van der Waals surface area contributed by atoms with Crippen LogP contribution < -0.4 is 0 Å². The van der Waals surface area contributed by atoms with Gasteiger partial charge >= 0.3 is 0 Å². The predicted octanol–water partition coefficient (Wildman–Crippen LogP) is 5.59. The molecule has 6 nitrogen and oxygen atoms in total. The second kappa shape index (κ2) is 8.21. The summed E-state index contributed by atoms with van der Waals surface area (Å²) in [5.74, 6) is -0.550. The molecule has 0 unspecified atom stereocenters. The lowest BCUT2D eigenvalue weighted by Gasteiger charge is -2.07. The number of halogens is 2. The fraction of sp³-hybridized carbons (Fsp3) is 0. The van der Waals surface area contributed by atoms with Crippen molar-refractivity contribution in [3.05, 3.63) is 97.5 Å². The molecule has 8 heteroatoms. The highest BCUT2D eigenvalue weighted by atomic mass is 35.5. The van der Waals surface area contributed by atoms with Crippen LogP contribution in [0.5, 0.6) is 5.75 Å². The average molecular weight is 415 g/mol. The Bertz CT molecular complexity index is 1110. The fourth-order valence-electron chi connectivity index (χ4n) is 2.49. The Kier molecular flexibility index (Phi) is 5.73. The molecule has 0 saturated heterocycles. The predicted molar refractivity (Wildman–Crippen MR) is 108 cm³/mol. The fourth-order valence-corrected chi connectivity index (χ4v) is 2.88. The Morgan fingerprint density at radius 3 is 2.50 bits per heavy atom. The minimum atomic E-state index is -0.578. The number of carbonyl (C=O) groups excluding carboxylic acids is 1. The maximum atomic E-state index is 12.9. The van der Waals surface area contributed by atoms with Gasteiger partial charge in [0.05, 0.1) is 15.6 Å². The Labute approximate surface area is 169 Å². The van der Waals surface area contributed by atoms with E-state index in [0.29, 0.717) is 15.6 Å². The molecular formula is C20H12Cl2N2O4. The van der Waals surface area contributed by atoms with Gasteiger partial charge in [-0.05, 0) is 36.4 Å². The molecule has 0 saturated carbocycles. The van der Waals surface area contributed by atoms with Gasteiger partial charge in [0, 0.05) is 40.1 Å². The summed E-state index contributed by atoms with van der Waals surface area (Å²) in [7, 11) is 0. The number of hydrogen-bond acceptors (Lipinski definition) is 5.